The molecule has 7 nitrogen and oxygen atoms in total. The number of hydrogen-bond donors (Lipinski definition) is 1. The zero-order valence-corrected chi connectivity index (χ0v) is 13.5. The molecule has 0 atom stereocenters. The summed E-state index contributed by atoms with van der Waals surface area (Å²) in [4.78, 5) is 23.4. The number of carbonyl (C=O) groups excluding carboxylic acids is 2. The minimum atomic E-state index is -0.639. The molecule has 1 N–H and O–H groups in total. The van der Waals surface area contributed by atoms with Gasteiger partial charge in [-0.05, 0) is 18.4 Å². The van der Waals surface area contributed by atoms with Crippen LogP contribution in [0.1, 0.15) is 5.76 Å². The van der Waals surface area contributed by atoms with Crippen LogP contribution in [0.4, 0.5) is 5.82 Å². The van der Waals surface area contributed by atoms with Crippen LogP contribution in [0.2, 0.25) is 0 Å². The van der Waals surface area contributed by atoms with Gasteiger partial charge in [0.25, 0.3) is 5.91 Å². The Balaban J connectivity index is 1.48. The van der Waals surface area contributed by atoms with E-state index in [-0.39, 0.29) is 12.4 Å². The van der Waals surface area contributed by atoms with E-state index >= 15 is 0 Å². The Hall–Kier alpha value is -3.35. The number of benzene rings is 2. The fraction of sp³-hybridized carbons (Fsp3) is 0.167. The molecule has 1 heterocycles. The molecule has 0 aliphatic carbocycles. The van der Waals surface area contributed by atoms with Gasteiger partial charge in [0.2, 0.25) is 0 Å². The van der Waals surface area contributed by atoms with Gasteiger partial charge in [-0.15, -0.1) is 0 Å². The predicted octanol–water partition coefficient (Wildman–Crippen LogP) is 2.70. The third-order valence-corrected chi connectivity index (χ3v) is 3.35. The first-order valence-electron chi connectivity index (χ1n) is 7.61. The van der Waals surface area contributed by atoms with Crippen LogP contribution >= 0.6 is 0 Å². The first-order valence-corrected chi connectivity index (χ1v) is 7.61. The fourth-order valence-electron chi connectivity index (χ4n) is 2.25. The Labute approximate surface area is 143 Å². The van der Waals surface area contributed by atoms with Crippen molar-refractivity contribution in [1.29, 1.82) is 0 Å². The molecule has 1 amide bonds. The Morgan fingerprint density at radius 2 is 1.92 bits per heavy atom. The molecule has 0 radical (unpaired) electrons. The smallest absolute Gasteiger partial charge is 0.344 e. The van der Waals surface area contributed by atoms with Crippen molar-refractivity contribution in [2.24, 2.45) is 0 Å². The average molecular weight is 340 g/mol. The molecule has 0 aliphatic heterocycles. The number of aryl methyl sites for hydroxylation is 1. The summed E-state index contributed by atoms with van der Waals surface area (Å²) in [5.74, 6) is 0.269. The number of fused-ring (bicyclic) bond motifs is 1. The van der Waals surface area contributed by atoms with E-state index in [4.69, 9.17) is 14.0 Å². The molecule has 0 bridgehead atoms. The molecule has 0 saturated heterocycles. The van der Waals surface area contributed by atoms with Gasteiger partial charge in [-0.3, -0.25) is 4.79 Å². The van der Waals surface area contributed by atoms with Crippen molar-refractivity contribution in [3.05, 3.63) is 54.3 Å². The molecule has 1 aromatic heterocycles. The maximum absolute atomic E-state index is 11.8. The largest absolute Gasteiger partial charge is 0.481 e. The summed E-state index contributed by atoms with van der Waals surface area (Å²) in [7, 11) is 0. The molecule has 3 rings (SSSR count). The van der Waals surface area contributed by atoms with Crippen LogP contribution in [-0.2, 0) is 14.3 Å². The van der Waals surface area contributed by atoms with E-state index < -0.39 is 18.5 Å². The van der Waals surface area contributed by atoms with Crippen molar-refractivity contribution in [3.8, 4) is 5.75 Å². The highest BCUT2D eigenvalue weighted by atomic mass is 16.6. The Morgan fingerprint density at radius 1 is 1.12 bits per heavy atom. The molecule has 3 aromatic rings. The van der Waals surface area contributed by atoms with Crippen LogP contribution in [0.3, 0.4) is 0 Å². The first kappa shape index (κ1) is 16.5. The van der Waals surface area contributed by atoms with Gasteiger partial charge < -0.3 is 19.3 Å². The van der Waals surface area contributed by atoms with Crippen LogP contribution in [0.5, 0.6) is 5.75 Å². The van der Waals surface area contributed by atoms with Gasteiger partial charge in [-0.2, -0.15) is 0 Å². The van der Waals surface area contributed by atoms with Crippen molar-refractivity contribution in [1.82, 2.24) is 5.16 Å². The molecule has 7 heteroatoms. The van der Waals surface area contributed by atoms with Crippen molar-refractivity contribution in [2.45, 2.75) is 6.92 Å². The van der Waals surface area contributed by atoms with Crippen LogP contribution in [0.15, 0.2) is 53.1 Å². The standard InChI is InChI=1S/C18H16N2O5/c1-12-9-16(20-25-12)19-17(21)10-24-18(22)11-23-15-8-4-6-13-5-2-3-7-14(13)15/h2-9H,10-11H2,1H3,(H,19,20,21). The third-order valence-electron chi connectivity index (χ3n) is 3.35. The fourth-order valence-corrected chi connectivity index (χ4v) is 2.25. The summed E-state index contributed by atoms with van der Waals surface area (Å²) in [5.41, 5.74) is 0. The third kappa shape index (κ3) is 4.35. The second-order valence-corrected chi connectivity index (χ2v) is 5.30. The summed E-state index contributed by atoms with van der Waals surface area (Å²) in [6.07, 6.45) is 0. The van der Waals surface area contributed by atoms with Gasteiger partial charge in [0.05, 0.1) is 0 Å². The van der Waals surface area contributed by atoms with Crippen molar-refractivity contribution in [2.75, 3.05) is 18.5 Å². The molecule has 0 aliphatic rings. The minimum absolute atomic E-state index is 0.269. The average Bonchev–Trinajstić information content (AvgIpc) is 3.02. The van der Waals surface area contributed by atoms with Gasteiger partial charge in [0.15, 0.2) is 19.0 Å². The van der Waals surface area contributed by atoms with Crippen molar-refractivity contribution in [3.63, 3.8) is 0 Å². The number of ether oxygens (including phenoxy) is 2. The maximum Gasteiger partial charge on any atom is 0.344 e. The van der Waals surface area contributed by atoms with Crippen molar-refractivity contribution < 1.29 is 23.6 Å². The molecular weight excluding hydrogens is 324 g/mol. The highest BCUT2D eigenvalue weighted by molar-refractivity contribution is 5.92. The molecule has 128 valence electrons. The summed E-state index contributed by atoms with van der Waals surface area (Å²) in [5, 5.41) is 7.98. The van der Waals surface area contributed by atoms with Crippen LogP contribution in [0.25, 0.3) is 10.8 Å². The van der Waals surface area contributed by atoms with E-state index in [2.05, 4.69) is 10.5 Å². The summed E-state index contributed by atoms with van der Waals surface area (Å²) in [6.45, 7) is 0.987. The number of aromatic nitrogens is 1. The van der Waals surface area contributed by atoms with Gasteiger partial charge in [0.1, 0.15) is 11.5 Å². The van der Waals surface area contributed by atoms with Crippen molar-refractivity contribution >= 4 is 28.5 Å². The lowest BCUT2D eigenvalue weighted by Crippen LogP contribution is -2.23. The van der Waals surface area contributed by atoms with E-state index in [9.17, 15) is 9.59 Å². The van der Waals surface area contributed by atoms with Crippen LogP contribution in [0, 0.1) is 6.92 Å². The lowest BCUT2D eigenvalue weighted by molar-refractivity contribution is -0.149. The number of rotatable bonds is 6. The van der Waals surface area contributed by atoms with Crippen LogP contribution in [-0.4, -0.2) is 30.2 Å². The number of amides is 1. The first-order chi connectivity index (χ1) is 12.1. The summed E-state index contributed by atoms with van der Waals surface area (Å²) in [6, 6.07) is 14.8. The lowest BCUT2D eigenvalue weighted by atomic mass is 10.1. The molecule has 0 fully saturated rings. The second-order valence-electron chi connectivity index (χ2n) is 5.30. The topological polar surface area (TPSA) is 90.7 Å². The lowest BCUT2D eigenvalue weighted by Gasteiger charge is -2.09. The number of carbonyl (C=O) groups is 2. The van der Waals surface area contributed by atoms with E-state index in [0.717, 1.165) is 10.8 Å². The Kier molecular flexibility index (Phi) is 4.94. The van der Waals surface area contributed by atoms with E-state index in [1.807, 2.05) is 36.4 Å². The number of esters is 1. The van der Waals surface area contributed by atoms with Gasteiger partial charge in [0, 0.05) is 11.5 Å². The molecule has 0 unspecified atom stereocenters. The summed E-state index contributed by atoms with van der Waals surface area (Å²) < 4.78 is 15.2. The molecule has 0 saturated carbocycles. The van der Waals surface area contributed by atoms with E-state index in [1.54, 1.807) is 19.1 Å². The minimum Gasteiger partial charge on any atom is -0.481 e. The SMILES string of the molecule is Cc1cc(NC(=O)COC(=O)COc2cccc3ccccc23)no1. The number of nitrogens with zero attached hydrogens (tertiary/aromatic N) is 1. The quantitative estimate of drug-likeness (QED) is 0.694. The van der Waals surface area contributed by atoms with Gasteiger partial charge in [-0.25, -0.2) is 4.79 Å². The predicted molar refractivity (Wildman–Crippen MR) is 90.3 cm³/mol. The Morgan fingerprint density at radius 3 is 2.72 bits per heavy atom. The van der Waals surface area contributed by atoms with Gasteiger partial charge in [-0.1, -0.05) is 41.6 Å². The maximum atomic E-state index is 11.8. The Bertz CT molecular complexity index is 898. The molecule has 0 spiro atoms. The highest BCUT2D eigenvalue weighted by Crippen LogP contribution is 2.24. The summed E-state index contributed by atoms with van der Waals surface area (Å²) >= 11 is 0. The zero-order chi connectivity index (χ0) is 17.6. The van der Waals surface area contributed by atoms with E-state index in [1.165, 1.54) is 0 Å². The normalized spacial score (nSPS) is 10.4. The number of anilines is 1. The van der Waals surface area contributed by atoms with Gasteiger partial charge >= 0.3 is 5.97 Å². The highest BCUT2D eigenvalue weighted by Gasteiger charge is 2.11. The van der Waals surface area contributed by atoms with Crippen LogP contribution < -0.4 is 10.1 Å². The van der Waals surface area contributed by atoms with E-state index in [0.29, 0.717) is 11.5 Å². The molecular formula is C18H16N2O5. The monoisotopic (exact) mass is 340 g/mol. The second kappa shape index (κ2) is 7.48. The number of nitrogens with one attached hydrogen (secondary N) is 1. The number of hydrogen-bond acceptors (Lipinski definition) is 6. The molecule has 25 heavy (non-hydrogen) atoms. The zero-order valence-electron chi connectivity index (χ0n) is 13.5. The molecule has 2 aromatic carbocycles.